The van der Waals surface area contributed by atoms with Gasteiger partial charge in [0.15, 0.2) is 12.6 Å². The van der Waals surface area contributed by atoms with Gasteiger partial charge in [0.05, 0.1) is 24.2 Å². The zero-order valence-corrected chi connectivity index (χ0v) is 26.0. The number of hydrogen-bond donors (Lipinski definition) is 8. The Morgan fingerprint density at radius 2 is 1.47 bits per heavy atom. The SMILES string of the molecule is C=C1CC23CCC4[C@](C)(CCC[C@]4(C)C(=O)O)C2CCC1(O[C@@H]1O[C@H](CO)[C@@H](O)[C@H](O)[C@H]1O[C@@H]1O[C@H](CO)[C@@H](O)[C@H](O)[C@H]1O)C3. The molecular formula is C32H50O13. The maximum atomic E-state index is 12.5. The van der Waals surface area contributed by atoms with Crippen LogP contribution in [-0.2, 0) is 23.7 Å². The Balaban J connectivity index is 1.26. The molecule has 6 fully saturated rings. The highest BCUT2D eigenvalue weighted by atomic mass is 16.8. The molecule has 6 aliphatic rings. The van der Waals surface area contributed by atoms with E-state index in [0.29, 0.717) is 25.7 Å². The molecule has 256 valence electrons. The van der Waals surface area contributed by atoms with Crippen molar-refractivity contribution in [1.29, 1.82) is 0 Å². The summed E-state index contributed by atoms with van der Waals surface area (Å²) in [7, 11) is 0. The average Bonchev–Trinajstić information content (AvgIpc) is 3.19. The summed E-state index contributed by atoms with van der Waals surface area (Å²) in [5.74, 6) is -0.392. The lowest BCUT2D eigenvalue weighted by molar-refractivity contribution is -0.378. The van der Waals surface area contributed by atoms with Crippen LogP contribution in [0.25, 0.3) is 0 Å². The lowest BCUT2D eigenvalue weighted by Gasteiger charge is -2.64. The van der Waals surface area contributed by atoms with Crippen molar-refractivity contribution in [2.24, 2.45) is 28.1 Å². The molecule has 0 aromatic rings. The van der Waals surface area contributed by atoms with Crippen molar-refractivity contribution in [3.8, 4) is 0 Å². The summed E-state index contributed by atoms with van der Waals surface area (Å²) in [6, 6.07) is 0. The van der Waals surface area contributed by atoms with Gasteiger partial charge in [0.1, 0.15) is 48.8 Å². The second-order valence-electron chi connectivity index (χ2n) is 15.2. The molecule has 1 spiro atoms. The predicted molar refractivity (Wildman–Crippen MR) is 154 cm³/mol. The molecule has 2 saturated heterocycles. The fourth-order valence-electron chi connectivity index (χ4n) is 10.6. The Labute approximate surface area is 262 Å². The summed E-state index contributed by atoms with van der Waals surface area (Å²) in [4.78, 5) is 12.5. The summed E-state index contributed by atoms with van der Waals surface area (Å²) in [5, 5.41) is 82.8. The second kappa shape index (κ2) is 11.7. The van der Waals surface area contributed by atoms with Gasteiger partial charge in [0.25, 0.3) is 0 Å². The van der Waals surface area contributed by atoms with E-state index in [2.05, 4.69) is 13.5 Å². The number of rotatable bonds is 7. The second-order valence-corrected chi connectivity index (χ2v) is 15.2. The van der Waals surface area contributed by atoms with Crippen LogP contribution in [0.1, 0.15) is 71.6 Å². The number of carboxylic acids is 1. The molecule has 0 aromatic carbocycles. The van der Waals surface area contributed by atoms with E-state index in [0.717, 1.165) is 37.7 Å². The number of aliphatic hydroxyl groups is 7. The minimum absolute atomic E-state index is 0.0640. The minimum Gasteiger partial charge on any atom is -0.481 e. The zero-order valence-electron chi connectivity index (χ0n) is 26.0. The third-order valence-corrected chi connectivity index (χ3v) is 12.9. The van der Waals surface area contributed by atoms with Gasteiger partial charge in [-0.3, -0.25) is 4.79 Å². The van der Waals surface area contributed by atoms with Gasteiger partial charge in [-0.2, -0.15) is 0 Å². The number of carbonyl (C=O) groups is 1. The summed E-state index contributed by atoms with van der Waals surface area (Å²) in [5.41, 5.74) is -1.10. The summed E-state index contributed by atoms with van der Waals surface area (Å²) >= 11 is 0. The zero-order chi connectivity index (χ0) is 32.7. The molecule has 2 bridgehead atoms. The van der Waals surface area contributed by atoms with E-state index in [-0.39, 0.29) is 22.7 Å². The van der Waals surface area contributed by atoms with Crippen LogP contribution in [0.5, 0.6) is 0 Å². The Morgan fingerprint density at radius 1 is 0.844 bits per heavy atom. The van der Waals surface area contributed by atoms with Gasteiger partial charge in [-0.05, 0) is 86.5 Å². The van der Waals surface area contributed by atoms with Crippen LogP contribution >= 0.6 is 0 Å². The smallest absolute Gasteiger partial charge is 0.309 e. The van der Waals surface area contributed by atoms with Gasteiger partial charge in [-0.15, -0.1) is 0 Å². The van der Waals surface area contributed by atoms with E-state index in [9.17, 15) is 45.6 Å². The number of ether oxygens (including phenoxy) is 4. The van der Waals surface area contributed by atoms with E-state index >= 15 is 0 Å². The molecule has 0 amide bonds. The summed E-state index contributed by atoms with van der Waals surface area (Å²) in [6.07, 6.45) is -8.44. The third-order valence-electron chi connectivity index (χ3n) is 12.9. The van der Waals surface area contributed by atoms with Crippen molar-refractivity contribution in [1.82, 2.24) is 0 Å². The lowest BCUT2D eigenvalue weighted by atomic mass is 9.41. The maximum Gasteiger partial charge on any atom is 0.309 e. The van der Waals surface area contributed by atoms with Gasteiger partial charge >= 0.3 is 5.97 Å². The number of hydrogen-bond acceptors (Lipinski definition) is 12. The van der Waals surface area contributed by atoms with E-state index in [1.807, 2.05) is 6.92 Å². The van der Waals surface area contributed by atoms with Crippen LogP contribution in [-0.4, -0.2) is 127 Å². The highest BCUT2D eigenvalue weighted by Gasteiger charge is 2.69. The summed E-state index contributed by atoms with van der Waals surface area (Å²) < 4.78 is 24.1. The molecular weight excluding hydrogens is 592 g/mol. The maximum absolute atomic E-state index is 12.5. The van der Waals surface area contributed by atoms with E-state index < -0.39 is 91.6 Å². The van der Waals surface area contributed by atoms with E-state index in [1.165, 1.54) is 0 Å². The number of fused-ring (bicyclic) bond motifs is 3. The fraction of sp³-hybridized carbons (Fsp3) is 0.906. The van der Waals surface area contributed by atoms with E-state index in [4.69, 9.17) is 18.9 Å². The van der Waals surface area contributed by atoms with E-state index in [1.54, 1.807) is 0 Å². The molecule has 0 aromatic heterocycles. The van der Waals surface area contributed by atoms with Gasteiger partial charge < -0.3 is 59.8 Å². The van der Waals surface area contributed by atoms with Crippen molar-refractivity contribution in [3.63, 3.8) is 0 Å². The molecule has 45 heavy (non-hydrogen) atoms. The Morgan fingerprint density at radius 3 is 2.11 bits per heavy atom. The minimum atomic E-state index is -1.76. The van der Waals surface area contributed by atoms with Gasteiger partial charge in [-0.1, -0.05) is 19.9 Å². The first-order chi connectivity index (χ1) is 21.2. The first-order valence-electron chi connectivity index (χ1n) is 16.3. The first-order valence-corrected chi connectivity index (χ1v) is 16.3. The standard InChI is InChI=1S/C32H50O13/c1-15-11-31-9-5-18-29(2,7-4-8-30(18,3)28(40)41)19(31)6-10-32(15,14-31)45-27-25(23(38)21(36)17(13-34)43-27)44-26-24(39)22(37)20(35)16(12-33)42-26/h16-27,33-39H,1,4-14H2,2-3H3,(H,40,41)/t16-,17-,18?,19?,20-,21-,22+,23+,24-,25-,26+,27+,29+,30+,31?,32?/m1/s1. The highest BCUT2D eigenvalue weighted by molar-refractivity contribution is 5.75. The van der Waals surface area contributed by atoms with Crippen LogP contribution in [0.3, 0.4) is 0 Å². The average molecular weight is 643 g/mol. The number of carboxylic acid groups (broad SMARTS) is 1. The molecule has 16 atom stereocenters. The largest absolute Gasteiger partial charge is 0.481 e. The van der Waals surface area contributed by atoms with Crippen molar-refractivity contribution in [2.75, 3.05) is 13.2 Å². The predicted octanol–water partition coefficient (Wildman–Crippen LogP) is -0.197. The van der Waals surface area contributed by atoms with Crippen LogP contribution in [0.4, 0.5) is 0 Å². The van der Waals surface area contributed by atoms with Crippen molar-refractivity contribution in [3.05, 3.63) is 12.2 Å². The molecule has 8 N–H and O–H groups in total. The van der Waals surface area contributed by atoms with Crippen molar-refractivity contribution < 1.29 is 64.6 Å². The van der Waals surface area contributed by atoms with Gasteiger partial charge in [0.2, 0.25) is 0 Å². The topological polar surface area (TPSA) is 216 Å². The molecule has 4 aliphatic carbocycles. The number of aliphatic carboxylic acids is 1. The van der Waals surface area contributed by atoms with Gasteiger partial charge in [0, 0.05) is 0 Å². The Bertz CT molecular complexity index is 1150. The first kappa shape index (κ1) is 33.7. The third kappa shape index (κ3) is 5.04. The normalized spacial score (nSPS) is 54.7. The molecule has 2 heterocycles. The quantitative estimate of drug-likeness (QED) is 0.134. The highest BCUT2D eigenvalue weighted by Crippen LogP contribution is 2.73. The fourth-order valence-corrected chi connectivity index (χ4v) is 10.6. The van der Waals surface area contributed by atoms with Crippen molar-refractivity contribution >= 4 is 5.97 Å². The molecule has 2 aliphatic heterocycles. The van der Waals surface area contributed by atoms with Crippen molar-refractivity contribution in [2.45, 2.75) is 139 Å². The monoisotopic (exact) mass is 642 g/mol. The molecule has 6 rings (SSSR count). The van der Waals surface area contributed by atoms with Gasteiger partial charge in [-0.25, -0.2) is 0 Å². The van der Waals surface area contributed by atoms with Crippen LogP contribution < -0.4 is 0 Å². The molecule has 13 nitrogen and oxygen atoms in total. The Kier molecular flexibility index (Phi) is 8.77. The van der Waals surface area contributed by atoms with Crippen LogP contribution in [0, 0.1) is 28.1 Å². The lowest BCUT2D eigenvalue weighted by Crippen LogP contribution is -2.65. The molecule has 4 saturated carbocycles. The number of aliphatic hydroxyl groups excluding tert-OH is 7. The summed E-state index contributed by atoms with van der Waals surface area (Å²) in [6.45, 7) is 7.33. The molecule has 0 radical (unpaired) electrons. The Hall–Kier alpha value is -1.23. The molecule has 4 unspecified atom stereocenters. The molecule has 13 heteroatoms. The van der Waals surface area contributed by atoms with Crippen LogP contribution in [0.15, 0.2) is 12.2 Å². The van der Waals surface area contributed by atoms with Crippen LogP contribution in [0.2, 0.25) is 0 Å².